The quantitative estimate of drug-likeness (QED) is 0.0987. The molecule has 10 nitrogen and oxygen atoms in total. The molecular weight excluding hydrogens is 582 g/mol. The fourth-order valence-corrected chi connectivity index (χ4v) is 5.34. The van der Waals surface area contributed by atoms with Crippen molar-refractivity contribution in [2.24, 2.45) is 11.5 Å². The van der Waals surface area contributed by atoms with E-state index in [4.69, 9.17) is 40.1 Å². The number of alkyl halides is 3. The van der Waals surface area contributed by atoms with Gasteiger partial charge in [0.05, 0.1) is 17.1 Å². The first-order valence-electron chi connectivity index (χ1n) is 13.1. The molecule has 9 N–H and O–H groups in total. The minimum Gasteiger partial charge on any atom is -0.370 e. The number of nitrogens with two attached hydrogens (primary N) is 2. The lowest BCUT2D eigenvalue weighted by Gasteiger charge is -2.36. The van der Waals surface area contributed by atoms with Gasteiger partial charge in [0, 0.05) is 54.3 Å². The van der Waals surface area contributed by atoms with Gasteiger partial charge in [0.2, 0.25) is 5.91 Å². The summed E-state index contributed by atoms with van der Waals surface area (Å²) in [6.45, 7) is 2.13. The molecule has 4 rings (SSSR count). The molecule has 41 heavy (non-hydrogen) atoms. The van der Waals surface area contributed by atoms with Crippen molar-refractivity contribution in [1.29, 1.82) is 5.41 Å². The van der Waals surface area contributed by atoms with Crippen molar-refractivity contribution >= 4 is 51.8 Å². The van der Waals surface area contributed by atoms with Gasteiger partial charge in [0.15, 0.2) is 11.7 Å². The van der Waals surface area contributed by atoms with Crippen LogP contribution in [0.1, 0.15) is 35.8 Å². The Morgan fingerprint density at radius 1 is 1.22 bits per heavy atom. The molecule has 0 aliphatic carbocycles. The molecule has 0 radical (unpaired) electrons. The molecule has 2 atom stereocenters. The van der Waals surface area contributed by atoms with Crippen LogP contribution in [0.25, 0.3) is 10.9 Å². The van der Waals surface area contributed by atoms with E-state index in [0.717, 1.165) is 28.6 Å². The smallest absolute Gasteiger partial charge is 0.370 e. The van der Waals surface area contributed by atoms with Crippen molar-refractivity contribution in [3.8, 4) is 0 Å². The zero-order valence-corrected chi connectivity index (χ0v) is 23.6. The van der Waals surface area contributed by atoms with Crippen LogP contribution in [0.2, 0.25) is 10.0 Å². The van der Waals surface area contributed by atoms with Crippen molar-refractivity contribution < 1.29 is 18.0 Å². The summed E-state index contributed by atoms with van der Waals surface area (Å²) < 4.78 is 39.7. The number of aromatic amines is 1. The largest absolute Gasteiger partial charge is 0.434 e. The van der Waals surface area contributed by atoms with Gasteiger partial charge in [-0.15, -0.1) is 0 Å². The van der Waals surface area contributed by atoms with Crippen molar-refractivity contribution in [3.05, 3.63) is 57.3 Å². The van der Waals surface area contributed by atoms with Crippen LogP contribution in [-0.4, -0.2) is 65.5 Å². The third-order valence-electron chi connectivity index (χ3n) is 6.96. The number of aromatic nitrogens is 2. The van der Waals surface area contributed by atoms with Gasteiger partial charge in [-0.05, 0) is 55.2 Å². The second-order valence-electron chi connectivity index (χ2n) is 9.79. The zero-order chi connectivity index (χ0) is 29.7. The maximum absolute atomic E-state index is 13.2. The van der Waals surface area contributed by atoms with Crippen molar-refractivity contribution in [1.82, 2.24) is 25.5 Å². The molecule has 1 unspecified atom stereocenters. The van der Waals surface area contributed by atoms with Crippen LogP contribution in [0, 0.1) is 5.41 Å². The average molecular weight is 615 g/mol. The summed E-state index contributed by atoms with van der Waals surface area (Å²) in [5, 5.41) is 17.0. The highest BCUT2D eigenvalue weighted by atomic mass is 35.5. The van der Waals surface area contributed by atoms with Gasteiger partial charge in [-0.25, -0.2) is 4.98 Å². The second-order valence-corrected chi connectivity index (χ2v) is 10.6. The predicted molar refractivity (Wildman–Crippen MR) is 154 cm³/mol. The Morgan fingerprint density at radius 3 is 2.73 bits per heavy atom. The van der Waals surface area contributed by atoms with Crippen molar-refractivity contribution in [3.63, 3.8) is 0 Å². The van der Waals surface area contributed by atoms with Gasteiger partial charge in [0.1, 0.15) is 5.82 Å². The monoisotopic (exact) mass is 613 g/mol. The normalized spacial score (nSPS) is 16.3. The maximum atomic E-state index is 13.2. The summed E-state index contributed by atoms with van der Waals surface area (Å²) >= 11 is 11.9. The number of amides is 1. The molecule has 15 heteroatoms. The number of carbonyl (C=O) groups excluding carboxylic acids is 1. The number of anilines is 1. The summed E-state index contributed by atoms with van der Waals surface area (Å²) in [4.78, 5) is 22.1. The lowest BCUT2D eigenvalue weighted by molar-refractivity contribution is -0.141. The van der Waals surface area contributed by atoms with Gasteiger partial charge < -0.3 is 32.4 Å². The standard InChI is InChI=1S/C26H32Cl2F3N9O/c27-14-3-5-19-16(12-14)15-7-10-40(11-9-35-21-6-4-17(28)23(39-21)26(29,30)31)20(22(15)38-19)13-37-24(41)18(32)2-1-8-36-25(33)34/h3-6,12,18,20,38H,1-2,7-11,13,32H2,(H,35,39)(H,37,41)(H4,33,34,36)/t18-,20?/m0/s1. The number of guanidine groups is 1. The van der Waals surface area contributed by atoms with E-state index in [1.807, 2.05) is 12.1 Å². The first-order chi connectivity index (χ1) is 19.4. The number of carbonyl (C=O) groups is 1. The van der Waals surface area contributed by atoms with E-state index in [-0.39, 0.29) is 30.3 Å². The number of hydrogen-bond acceptors (Lipinski definition) is 6. The molecule has 1 amide bonds. The number of hydrogen-bond donors (Lipinski definition) is 7. The lowest BCUT2D eigenvalue weighted by atomic mass is 9.97. The third kappa shape index (κ3) is 7.73. The molecule has 222 valence electrons. The van der Waals surface area contributed by atoms with Crippen molar-refractivity contribution in [2.75, 3.05) is 38.0 Å². The molecular formula is C26H32Cl2F3N9O. The van der Waals surface area contributed by atoms with Crippen LogP contribution in [0.4, 0.5) is 19.0 Å². The van der Waals surface area contributed by atoms with Crippen LogP contribution >= 0.6 is 23.2 Å². The first-order valence-corrected chi connectivity index (χ1v) is 13.8. The third-order valence-corrected chi connectivity index (χ3v) is 7.50. The summed E-state index contributed by atoms with van der Waals surface area (Å²) in [6, 6.07) is 7.21. The highest BCUT2D eigenvalue weighted by molar-refractivity contribution is 6.31. The SMILES string of the molecule is N=C(N)NCCC[C@H](N)C(=O)NCC1c2[nH]c3ccc(Cl)cc3c2CCN1CCNc1ccc(Cl)c(C(F)(F)F)n1. The van der Waals surface area contributed by atoms with Gasteiger partial charge in [-0.2, -0.15) is 13.2 Å². The minimum atomic E-state index is -4.66. The first kappa shape index (κ1) is 30.7. The molecule has 1 aromatic carbocycles. The highest BCUT2D eigenvalue weighted by Gasteiger charge is 2.35. The van der Waals surface area contributed by atoms with Crippen molar-refractivity contribution in [2.45, 2.75) is 37.5 Å². The van der Waals surface area contributed by atoms with E-state index in [0.29, 0.717) is 44.0 Å². The van der Waals surface area contributed by atoms with E-state index >= 15 is 0 Å². The fraction of sp³-hybridized carbons (Fsp3) is 0.423. The number of H-pyrrole nitrogens is 1. The van der Waals surface area contributed by atoms with Crippen LogP contribution < -0.4 is 27.4 Å². The van der Waals surface area contributed by atoms with Gasteiger partial charge in [-0.3, -0.25) is 15.1 Å². The Morgan fingerprint density at radius 2 is 2.00 bits per heavy atom. The van der Waals surface area contributed by atoms with Crippen LogP contribution in [0.15, 0.2) is 30.3 Å². The predicted octanol–water partition coefficient (Wildman–Crippen LogP) is 3.61. The summed E-state index contributed by atoms with van der Waals surface area (Å²) in [5.41, 5.74) is 13.2. The molecule has 0 saturated carbocycles. The fourth-order valence-electron chi connectivity index (χ4n) is 4.96. The Kier molecular flexibility index (Phi) is 9.84. The Balaban J connectivity index is 1.46. The van der Waals surface area contributed by atoms with Gasteiger partial charge >= 0.3 is 6.18 Å². The van der Waals surface area contributed by atoms with Crippen LogP contribution in [-0.2, 0) is 17.4 Å². The Bertz CT molecular complexity index is 1400. The number of nitrogens with one attached hydrogen (secondary N) is 5. The number of halogens is 5. The van der Waals surface area contributed by atoms with E-state index in [9.17, 15) is 18.0 Å². The molecule has 0 fully saturated rings. The molecule has 3 aromatic rings. The number of benzene rings is 1. The molecule has 1 aliphatic heterocycles. The molecule has 0 bridgehead atoms. The van der Waals surface area contributed by atoms with Gasteiger partial charge in [-0.1, -0.05) is 23.2 Å². The Hall–Kier alpha value is -3.26. The van der Waals surface area contributed by atoms with Gasteiger partial charge in [0.25, 0.3) is 0 Å². The average Bonchev–Trinajstić information content (AvgIpc) is 3.28. The van der Waals surface area contributed by atoms with Crippen LogP contribution in [0.3, 0.4) is 0 Å². The second kappa shape index (κ2) is 13.1. The Labute approximate surface area is 244 Å². The number of rotatable bonds is 11. The van der Waals surface area contributed by atoms with Crippen LogP contribution in [0.5, 0.6) is 0 Å². The molecule has 3 heterocycles. The maximum Gasteiger partial charge on any atom is 0.434 e. The highest BCUT2D eigenvalue weighted by Crippen LogP contribution is 2.36. The lowest BCUT2D eigenvalue weighted by Crippen LogP contribution is -2.47. The summed E-state index contributed by atoms with van der Waals surface area (Å²) in [6.07, 6.45) is -2.96. The van der Waals surface area contributed by atoms with E-state index in [1.165, 1.54) is 12.1 Å². The summed E-state index contributed by atoms with van der Waals surface area (Å²) in [7, 11) is 0. The van der Waals surface area contributed by atoms with E-state index < -0.39 is 22.9 Å². The summed E-state index contributed by atoms with van der Waals surface area (Å²) in [5.74, 6) is -0.380. The molecule has 0 saturated heterocycles. The minimum absolute atomic E-state index is 0.0646. The topological polar surface area (TPSA) is 161 Å². The molecule has 1 aliphatic rings. The molecule has 0 spiro atoms. The van der Waals surface area contributed by atoms with E-state index in [1.54, 1.807) is 6.07 Å². The van der Waals surface area contributed by atoms with E-state index in [2.05, 4.69) is 30.8 Å². The number of nitrogens with zero attached hydrogens (tertiary/aromatic N) is 2. The number of fused-ring (bicyclic) bond motifs is 3. The molecule has 2 aromatic heterocycles. The zero-order valence-electron chi connectivity index (χ0n) is 22.0. The number of pyridine rings is 1.